The van der Waals surface area contributed by atoms with Crippen molar-refractivity contribution in [2.75, 3.05) is 23.4 Å². The zero-order valence-electron chi connectivity index (χ0n) is 15.5. The maximum Gasteiger partial charge on any atom is 0.351 e. The van der Waals surface area contributed by atoms with Gasteiger partial charge in [0.05, 0.1) is 22.1 Å². The lowest BCUT2D eigenvalue weighted by Gasteiger charge is -2.28. The van der Waals surface area contributed by atoms with E-state index in [4.69, 9.17) is 4.74 Å². The average molecular weight is 407 g/mol. The number of thiazole rings is 1. The van der Waals surface area contributed by atoms with Crippen LogP contribution in [-0.4, -0.2) is 35.9 Å². The minimum Gasteiger partial charge on any atom is -0.451 e. The maximum atomic E-state index is 12.7. The van der Waals surface area contributed by atoms with Gasteiger partial charge in [0, 0.05) is 5.56 Å². The molecule has 146 valence electrons. The van der Waals surface area contributed by atoms with Gasteiger partial charge in [0.25, 0.3) is 5.91 Å². The molecular formula is C21H17N3O4S. The lowest BCUT2D eigenvalue weighted by molar-refractivity contribution is -0.124. The molecule has 8 heteroatoms. The number of carbonyl (C=O) groups excluding carboxylic acids is 3. The molecule has 0 spiro atoms. The van der Waals surface area contributed by atoms with Crippen molar-refractivity contribution in [3.05, 3.63) is 64.5 Å². The summed E-state index contributed by atoms with van der Waals surface area (Å²) < 4.78 is 5.28. The minimum atomic E-state index is -0.613. The third-order valence-electron chi connectivity index (χ3n) is 4.37. The summed E-state index contributed by atoms with van der Waals surface area (Å²) in [5.41, 5.74) is 2.46. The Hall–Kier alpha value is -3.52. The number of nitrogens with zero attached hydrogens (tertiary/aromatic N) is 2. The summed E-state index contributed by atoms with van der Waals surface area (Å²) in [5, 5.41) is 3.44. The Bertz CT molecular complexity index is 1090. The lowest BCUT2D eigenvalue weighted by atomic mass is 10.1. The van der Waals surface area contributed by atoms with Crippen LogP contribution in [0.5, 0.6) is 0 Å². The second kappa shape index (κ2) is 7.84. The fourth-order valence-electron chi connectivity index (χ4n) is 3.08. The number of esters is 1. The van der Waals surface area contributed by atoms with Gasteiger partial charge in [-0.05, 0) is 19.1 Å². The number of hydrogen-bond donors (Lipinski definition) is 1. The summed E-state index contributed by atoms with van der Waals surface area (Å²) in [6.07, 6.45) is 0. The van der Waals surface area contributed by atoms with Crippen molar-refractivity contribution in [3.8, 4) is 11.3 Å². The van der Waals surface area contributed by atoms with E-state index < -0.39 is 18.5 Å². The molecule has 1 aliphatic heterocycles. The molecule has 1 N–H and O–H groups in total. The summed E-state index contributed by atoms with van der Waals surface area (Å²) in [6.45, 7) is 1.22. The number of benzene rings is 2. The van der Waals surface area contributed by atoms with Crippen LogP contribution in [0.3, 0.4) is 0 Å². The van der Waals surface area contributed by atoms with Crippen LogP contribution in [0.1, 0.15) is 14.7 Å². The van der Waals surface area contributed by atoms with E-state index in [2.05, 4.69) is 10.3 Å². The number of ether oxygens (including phenoxy) is 1. The van der Waals surface area contributed by atoms with E-state index in [0.717, 1.165) is 10.6 Å². The number of carbonyl (C=O) groups is 3. The van der Waals surface area contributed by atoms with Crippen molar-refractivity contribution in [3.63, 3.8) is 0 Å². The van der Waals surface area contributed by atoms with Crippen molar-refractivity contribution in [2.24, 2.45) is 0 Å². The molecule has 0 unspecified atom stereocenters. The number of rotatable bonds is 4. The van der Waals surface area contributed by atoms with Gasteiger partial charge in [-0.3, -0.25) is 14.5 Å². The maximum absolute atomic E-state index is 12.7. The molecule has 0 saturated carbocycles. The molecule has 1 aliphatic rings. The van der Waals surface area contributed by atoms with Gasteiger partial charge in [-0.25, -0.2) is 9.78 Å². The Morgan fingerprint density at radius 1 is 1.14 bits per heavy atom. The van der Waals surface area contributed by atoms with Crippen molar-refractivity contribution in [2.45, 2.75) is 6.92 Å². The molecule has 3 aromatic rings. The van der Waals surface area contributed by atoms with E-state index >= 15 is 0 Å². The van der Waals surface area contributed by atoms with E-state index in [-0.39, 0.29) is 12.5 Å². The standard InChI is InChI=1S/C21H17N3O4S/c1-13-22-19(14-7-3-2-4-8-14)20(29-13)21(27)28-12-18(26)24-11-17(25)23-15-9-5-6-10-16(15)24/h2-10H,11-12H2,1H3,(H,23,25). The third kappa shape index (κ3) is 3.88. The number of fused-ring (bicyclic) bond motifs is 1. The first-order valence-electron chi connectivity index (χ1n) is 8.92. The minimum absolute atomic E-state index is 0.123. The van der Waals surface area contributed by atoms with Crippen LogP contribution in [0, 0.1) is 6.92 Å². The van der Waals surface area contributed by atoms with E-state index in [0.29, 0.717) is 21.9 Å². The zero-order valence-corrected chi connectivity index (χ0v) is 16.4. The molecule has 0 atom stereocenters. The average Bonchev–Trinajstić information content (AvgIpc) is 3.13. The third-order valence-corrected chi connectivity index (χ3v) is 5.32. The number of amides is 2. The van der Waals surface area contributed by atoms with E-state index in [1.54, 1.807) is 24.3 Å². The van der Waals surface area contributed by atoms with Crippen LogP contribution in [0.4, 0.5) is 11.4 Å². The van der Waals surface area contributed by atoms with Crippen LogP contribution < -0.4 is 10.2 Å². The van der Waals surface area contributed by atoms with Gasteiger partial charge in [0.2, 0.25) is 5.91 Å². The first-order chi connectivity index (χ1) is 14.0. The first-order valence-corrected chi connectivity index (χ1v) is 9.74. The summed E-state index contributed by atoms with van der Waals surface area (Å²) >= 11 is 1.22. The smallest absolute Gasteiger partial charge is 0.351 e. The van der Waals surface area contributed by atoms with Crippen molar-refractivity contribution >= 4 is 40.5 Å². The van der Waals surface area contributed by atoms with Crippen LogP contribution >= 0.6 is 11.3 Å². The molecule has 0 saturated heterocycles. The summed E-state index contributed by atoms with van der Waals surface area (Å²) in [4.78, 5) is 43.3. The predicted octanol–water partition coefficient (Wildman–Crippen LogP) is 3.26. The fraction of sp³-hybridized carbons (Fsp3) is 0.143. The molecular weight excluding hydrogens is 390 g/mol. The van der Waals surface area contributed by atoms with Gasteiger partial charge in [0.15, 0.2) is 6.61 Å². The van der Waals surface area contributed by atoms with Crippen LogP contribution in [0.2, 0.25) is 0 Å². The number of anilines is 2. The molecule has 2 amide bonds. The highest BCUT2D eigenvalue weighted by Gasteiger charge is 2.28. The highest BCUT2D eigenvalue weighted by atomic mass is 32.1. The second-order valence-corrected chi connectivity index (χ2v) is 7.60. The fourth-order valence-corrected chi connectivity index (χ4v) is 3.92. The van der Waals surface area contributed by atoms with E-state index in [1.807, 2.05) is 37.3 Å². The molecule has 2 heterocycles. The molecule has 0 bridgehead atoms. The quantitative estimate of drug-likeness (QED) is 0.671. The topological polar surface area (TPSA) is 88.6 Å². The highest BCUT2D eigenvalue weighted by molar-refractivity contribution is 7.14. The monoisotopic (exact) mass is 407 g/mol. The Morgan fingerprint density at radius 3 is 2.66 bits per heavy atom. The number of para-hydroxylation sites is 2. The van der Waals surface area contributed by atoms with Crippen LogP contribution in [-0.2, 0) is 14.3 Å². The van der Waals surface area contributed by atoms with E-state index in [9.17, 15) is 14.4 Å². The molecule has 1 aromatic heterocycles. The second-order valence-electron chi connectivity index (χ2n) is 6.40. The van der Waals surface area contributed by atoms with Crippen molar-refractivity contribution in [1.29, 1.82) is 0 Å². The van der Waals surface area contributed by atoms with Crippen LogP contribution in [0.15, 0.2) is 54.6 Å². The van der Waals surface area contributed by atoms with Crippen molar-refractivity contribution < 1.29 is 19.1 Å². The van der Waals surface area contributed by atoms with Gasteiger partial charge in [-0.1, -0.05) is 42.5 Å². The van der Waals surface area contributed by atoms with Crippen molar-refractivity contribution in [1.82, 2.24) is 4.98 Å². The Morgan fingerprint density at radius 2 is 1.86 bits per heavy atom. The predicted molar refractivity (Wildman–Crippen MR) is 110 cm³/mol. The van der Waals surface area contributed by atoms with Gasteiger partial charge in [0.1, 0.15) is 11.4 Å². The Balaban J connectivity index is 1.50. The number of aromatic nitrogens is 1. The first kappa shape index (κ1) is 18.8. The van der Waals surface area contributed by atoms with Gasteiger partial charge < -0.3 is 10.1 Å². The zero-order chi connectivity index (χ0) is 20.4. The summed E-state index contributed by atoms with van der Waals surface area (Å²) in [5.74, 6) is -1.38. The summed E-state index contributed by atoms with van der Waals surface area (Å²) in [7, 11) is 0. The lowest BCUT2D eigenvalue weighted by Crippen LogP contribution is -2.44. The number of aryl methyl sites for hydroxylation is 1. The normalized spacial score (nSPS) is 12.9. The summed E-state index contributed by atoms with van der Waals surface area (Å²) in [6, 6.07) is 16.3. The van der Waals surface area contributed by atoms with Gasteiger partial charge >= 0.3 is 5.97 Å². The molecule has 7 nitrogen and oxygen atoms in total. The van der Waals surface area contributed by atoms with Gasteiger partial charge in [-0.2, -0.15) is 0 Å². The largest absolute Gasteiger partial charge is 0.451 e. The Labute approximate surface area is 170 Å². The molecule has 2 aromatic carbocycles. The SMILES string of the molecule is Cc1nc(-c2ccccc2)c(C(=O)OCC(=O)N2CC(=O)Nc3ccccc32)s1. The van der Waals surface area contributed by atoms with Gasteiger partial charge in [-0.15, -0.1) is 11.3 Å². The van der Waals surface area contributed by atoms with Crippen LogP contribution in [0.25, 0.3) is 11.3 Å². The molecule has 0 aliphatic carbocycles. The molecule has 0 fully saturated rings. The highest BCUT2D eigenvalue weighted by Crippen LogP contribution is 2.30. The molecule has 4 rings (SSSR count). The number of hydrogen-bond acceptors (Lipinski definition) is 6. The Kier molecular flexibility index (Phi) is 5.09. The van der Waals surface area contributed by atoms with E-state index in [1.165, 1.54) is 16.2 Å². The molecule has 29 heavy (non-hydrogen) atoms. The number of nitrogens with one attached hydrogen (secondary N) is 1. The molecule has 0 radical (unpaired) electrons.